The third kappa shape index (κ3) is 7.21. The maximum Gasteiger partial charge on any atom is 0.244 e. The lowest BCUT2D eigenvalue weighted by Gasteiger charge is -2.32. The van der Waals surface area contributed by atoms with E-state index in [-0.39, 0.29) is 18.5 Å². The van der Waals surface area contributed by atoms with Crippen LogP contribution in [0.1, 0.15) is 38.3 Å². The summed E-state index contributed by atoms with van der Waals surface area (Å²) in [4.78, 5) is 27.9. The SMILES string of the molecule is CCC(C)NC(=O)C(C)N(Cc1ccccc1C)C(=O)CN(c1ccc(OC)cc1)S(C)(=O)=O. The molecule has 2 unspecified atom stereocenters. The maximum absolute atomic E-state index is 13.5. The third-order valence-electron chi connectivity index (χ3n) is 5.81. The van der Waals surface area contributed by atoms with Crippen LogP contribution in [-0.4, -0.2) is 57.1 Å². The van der Waals surface area contributed by atoms with Crippen LogP contribution in [0.15, 0.2) is 48.5 Å². The average molecular weight is 490 g/mol. The second-order valence-corrected chi connectivity index (χ2v) is 10.3. The lowest BCUT2D eigenvalue weighted by Crippen LogP contribution is -2.52. The number of rotatable bonds is 11. The summed E-state index contributed by atoms with van der Waals surface area (Å²) in [5.74, 6) is -0.192. The molecule has 34 heavy (non-hydrogen) atoms. The van der Waals surface area contributed by atoms with Crippen LogP contribution in [0.25, 0.3) is 0 Å². The Kier molecular flexibility index (Phi) is 9.49. The fourth-order valence-electron chi connectivity index (χ4n) is 3.38. The quantitative estimate of drug-likeness (QED) is 0.523. The number of nitrogens with one attached hydrogen (secondary N) is 1. The summed E-state index contributed by atoms with van der Waals surface area (Å²) in [6.07, 6.45) is 1.80. The zero-order valence-corrected chi connectivity index (χ0v) is 21.6. The van der Waals surface area contributed by atoms with Gasteiger partial charge in [0.2, 0.25) is 21.8 Å². The van der Waals surface area contributed by atoms with Gasteiger partial charge in [-0.3, -0.25) is 13.9 Å². The maximum atomic E-state index is 13.5. The molecule has 0 radical (unpaired) electrons. The van der Waals surface area contributed by atoms with E-state index in [0.29, 0.717) is 11.4 Å². The van der Waals surface area contributed by atoms with E-state index in [4.69, 9.17) is 4.74 Å². The minimum atomic E-state index is -3.77. The first-order chi connectivity index (χ1) is 16.0. The highest BCUT2D eigenvalue weighted by molar-refractivity contribution is 7.92. The van der Waals surface area contributed by atoms with Gasteiger partial charge in [-0.15, -0.1) is 0 Å². The normalized spacial score (nSPS) is 13.0. The van der Waals surface area contributed by atoms with Crippen LogP contribution < -0.4 is 14.4 Å². The smallest absolute Gasteiger partial charge is 0.244 e. The first-order valence-corrected chi connectivity index (χ1v) is 13.1. The third-order valence-corrected chi connectivity index (χ3v) is 6.95. The predicted molar refractivity (Wildman–Crippen MR) is 134 cm³/mol. The molecule has 2 rings (SSSR count). The summed E-state index contributed by atoms with van der Waals surface area (Å²) in [6.45, 7) is 7.20. The second kappa shape index (κ2) is 11.9. The van der Waals surface area contributed by atoms with Gasteiger partial charge in [-0.2, -0.15) is 0 Å². The first-order valence-electron chi connectivity index (χ1n) is 11.2. The number of ether oxygens (including phenoxy) is 1. The molecule has 2 aromatic carbocycles. The molecule has 0 fully saturated rings. The molecule has 9 heteroatoms. The van der Waals surface area contributed by atoms with Gasteiger partial charge in [-0.25, -0.2) is 8.42 Å². The number of hydrogen-bond donors (Lipinski definition) is 1. The van der Waals surface area contributed by atoms with E-state index in [1.807, 2.05) is 45.0 Å². The molecule has 0 spiro atoms. The molecule has 2 atom stereocenters. The monoisotopic (exact) mass is 489 g/mol. The Morgan fingerprint density at radius 2 is 1.68 bits per heavy atom. The summed E-state index contributed by atoms with van der Waals surface area (Å²) >= 11 is 0. The molecule has 0 aliphatic rings. The number of amides is 2. The minimum absolute atomic E-state index is 0.0443. The van der Waals surface area contributed by atoms with Crippen LogP contribution in [0.4, 0.5) is 5.69 Å². The van der Waals surface area contributed by atoms with Crippen molar-refractivity contribution < 1.29 is 22.7 Å². The van der Waals surface area contributed by atoms with Crippen molar-refractivity contribution in [2.24, 2.45) is 0 Å². The lowest BCUT2D eigenvalue weighted by molar-refractivity contribution is -0.139. The van der Waals surface area contributed by atoms with Gasteiger partial charge in [-0.05, 0) is 62.6 Å². The molecule has 1 N–H and O–H groups in total. The van der Waals surface area contributed by atoms with Crippen molar-refractivity contribution in [1.82, 2.24) is 10.2 Å². The average Bonchev–Trinajstić information content (AvgIpc) is 2.80. The van der Waals surface area contributed by atoms with Crippen molar-refractivity contribution in [2.75, 3.05) is 24.2 Å². The van der Waals surface area contributed by atoms with Crippen molar-refractivity contribution in [2.45, 2.75) is 52.7 Å². The number of anilines is 1. The van der Waals surface area contributed by atoms with E-state index in [0.717, 1.165) is 28.1 Å². The molecule has 8 nitrogen and oxygen atoms in total. The van der Waals surface area contributed by atoms with E-state index in [2.05, 4.69) is 5.32 Å². The molecule has 0 bridgehead atoms. The van der Waals surface area contributed by atoms with Gasteiger partial charge >= 0.3 is 0 Å². The van der Waals surface area contributed by atoms with Crippen molar-refractivity contribution in [3.05, 3.63) is 59.7 Å². The number of hydrogen-bond acceptors (Lipinski definition) is 5. The van der Waals surface area contributed by atoms with Gasteiger partial charge in [0.15, 0.2) is 0 Å². The Labute approximate surface area is 202 Å². The number of carbonyl (C=O) groups excluding carboxylic acids is 2. The van der Waals surface area contributed by atoms with Crippen molar-refractivity contribution in [1.29, 1.82) is 0 Å². The van der Waals surface area contributed by atoms with Crippen LogP contribution in [0, 0.1) is 6.92 Å². The highest BCUT2D eigenvalue weighted by atomic mass is 32.2. The predicted octanol–water partition coefficient (Wildman–Crippen LogP) is 3.10. The summed E-state index contributed by atoms with van der Waals surface area (Å²) in [6, 6.07) is 13.2. The van der Waals surface area contributed by atoms with E-state index in [1.54, 1.807) is 31.2 Å². The summed E-state index contributed by atoms with van der Waals surface area (Å²) < 4.78 is 31.4. The van der Waals surface area contributed by atoms with Crippen LogP contribution in [0.2, 0.25) is 0 Å². The fourth-order valence-corrected chi connectivity index (χ4v) is 4.23. The number of aryl methyl sites for hydroxylation is 1. The van der Waals surface area contributed by atoms with Gasteiger partial charge < -0.3 is 15.0 Å². The molecule has 0 aliphatic heterocycles. The highest BCUT2D eigenvalue weighted by Gasteiger charge is 2.30. The molecule has 2 amide bonds. The number of sulfonamides is 1. The van der Waals surface area contributed by atoms with Crippen molar-refractivity contribution in [3.63, 3.8) is 0 Å². The molecule has 0 heterocycles. The van der Waals surface area contributed by atoms with Crippen molar-refractivity contribution in [3.8, 4) is 5.75 Å². The lowest BCUT2D eigenvalue weighted by atomic mass is 10.1. The van der Waals surface area contributed by atoms with Crippen LogP contribution >= 0.6 is 0 Å². The van der Waals surface area contributed by atoms with E-state index < -0.39 is 28.5 Å². The second-order valence-electron chi connectivity index (χ2n) is 8.41. The largest absolute Gasteiger partial charge is 0.497 e. The van der Waals surface area contributed by atoms with Gasteiger partial charge in [0.25, 0.3) is 0 Å². The van der Waals surface area contributed by atoms with Gasteiger partial charge in [0.05, 0.1) is 19.1 Å². The van der Waals surface area contributed by atoms with Crippen LogP contribution in [0.5, 0.6) is 5.75 Å². The Morgan fingerprint density at radius 3 is 2.21 bits per heavy atom. The van der Waals surface area contributed by atoms with Gasteiger partial charge in [-0.1, -0.05) is 31.2 Å². The number of carbonyl (C=O) groups is 2. The summed E-state index contributed by atoms with van der Waals surface area (Å²) in [5, 5.41) is 2.91. The molecular weight excluding hydrogens is 454 g/mol. The summed E-state index contributed by atoms with van der Waals surface area (Å²) in [7, 11) is -2.26. The number of nitrogens with zero attached hydrogens (tertiary/aromatic N) is 2. The zero-order valence-electron chi connectivity index (χ0n) is 20.7. The Balaban J connectivity index is 2.39. The van der Waals surface area contributed by atoms with Gasteiger partial charge in [0.1, 0.15) is 18.3 Å². The highest BCUT2D eigenvalue weighted by Crippen LogP contribution is 2.22. The van der Waals surface area contributed by atoms with Crippen molar-refractivity contribution >= 4 is 27.5 Å². The molecule has 0 aliphatic carbocycles. The number of benzene rings is 2. The molecule has 0 saturated carbocycles. The Morgan fingerprint density at radius 1 is 1.06 bits per heavy atom. The number of methoxy groups -OCH3 is 1. The Bertz CT molecular complexity index is 1090. The topological polar surface area (TPSA) is 96.0 Å². The molecule has 2 aromatic rings. The molecular formula is C25H35N3O5S. The van der Waals surface area contributed by atoms with E-state index in [9.17, 15) is 18.0 Å². The minimum Gasteiger partial charge on any atom is -0.497 e. The van der Waals surface area contributed by atoms with E-state index >= 15 is 0 Å². The first kappa shape index (κ1) is 27.2. The van der Waals surface area contributed by atoms with E-state index in [1.165, 1.54) is 12.0 Å². The Hall–Kier alpha value is -3.07. The zero-order chi connectivity index (χ0) is 25.5. The summed E-state index contributed by atoms with van der Waals surface area (Å²) in [5.41, 5.74) is 2.20. The standard InChI is InChI=1S/C25H35N3O5S/c1-7-19(3)26-25(30)20(4)27(16-21-11-9-8-10-18(21)2)24(29)17-28(34(6,31)32)22-12-14-23(33-5)15-13-22/h8-15,19-20H,7,16-17H2,1-6H3,(H,26,30). The molecule has 0 aromatic heterocycles. The van der Waals surface area contributed by atoms with Crippen LogP contribution in [0.3, 0.4) is 0 Å². The molecule has 0 saturated heterocycles. The van der Waals surface area contributed by atoms with Crippen LogP contribution in [-0.2, 0) is 26.2 Å². The molecule has 186 valence electrons. The van der Waals surface area contributed by atoms with Gasteiger partial charge in [0, 0.05) is 12.6 Å². The fraction of sp³-hybridized carbons (Fsp3) is 0.440.